The van der Waals surface area contributed by atoms with Crippen LogP contribution in [0, 0.1) is 5.82 Å². The summed E-state index contributed by atoms with van der Waals surface area (Å²) in [6, 6.07) is 1.49. The van der Waals surface area contributed by atoms with Crippen LogP contribution in [0.15, 0.2) is 10.5 Å². The molecular weight excluding hydrogens is 267 g/mol. The van der Waals surface area contributed by atoms with Gasteiger partial charge in [-0.15, -0.1) is 0 Å². The molecule has 15 heavy (non-hydrogen) atoms. The fraction of sp³-hybridized carbons (Fsp3) is 0.400. The molecule has 3 nitrogen and oxygen atoms in total. The van der Waals surface area contributed by atoms with Crippen molar-refractivity contribution in [1.29, 1.82) is 0 Å². The number of aromatic hydroxyl groups is 1. The number of rotatable bonds is 2. The minimum Gasteiger partial charge on any atom is -0.504 e. The molecule has 0 aliphatic heterocycles. The number of hydrogen-bond donors (Lipinski definition) is 2. The molecule has 0 amide bonds. The van der Waals surface area contributed by atoms with Gasteiger partial charge in [0.2, 0.25) is 5.82 Å². The van der Waals surface area contributed by atoms with Gasteiger partial charge in [0, 0.05) is 5.56 Å². The fourth-order valence-corrected chi connectivity index (χ4v) is 1.93. The second-order valence-corrected chi connectivity index (χ2v) is 4.49. The van der Waals surface area contributed by atoms with Gasteiger partial charge < -0.3 is 14.9 Å². The van der Waals surface area contributed by atoms with Crippen molar-refractivity contribution in [3.05, 3.63) is 21.9 Å². The zero-order valence-corrected chi connectivity index (χ0v) is 9.64. The SMILES string of the molecule is COc1c(C2(O)CC2)cc(Br)c(O)c1F. The molecule has 0 bridgehead atoms. The fourth-order valence-electron chi connectivity index (χ4n) is 1.52. The average molecular weight is 277 g/mol. The summed E-state index contributed by atoms with van der Waals surface area (Å²) < 4.78 is 18.6. The Balaban J connectivity index is 2.63. The smallest absolute Gasteiger partial charge is 0.208 e. The van der Waals surface area contributed by atoms with Crippen LogP contribution >= 0.6 is 15.9 Å². The highest BCUT2D eigenvalue weighted by molar-refractivity contribution is 9.10. The molecule has 0 atom stereocenters. The maximum absolute atomic E-state index is 13.6. The number of phenols is 1. The zero-order valence-electron chi connectivity index (χ0n) is 8.05. The minimum absolute atomic E-state index is 0.0873. The second kappa shape index (κ2) is 3.35. The number of phenolic OH excluding ortho intramolecular Hbond substituents is 1. The Hall–Kier alpha value is -0.810. The first-order valence-electron chi connectivity index (χ1n) is 4.47. The number of hydrogen-bond acceptors (Lipinski definition) is 3. The standard InChI is InChI=1S/C10H10BrFO3/c1-15-9-5(10(14)2-3-10)4-6(11)8(13)7(9)12/h4,13-14H,2-3H2,1H3. The molecule has 1 aromatic carbocycles. The molecule has 0 aromatic heterocycles. The molecule has 0 saturated heterocycles. The predicted octanol–water partition coefficient (Wildman–Crippen LogP) is 2.28. The van der Waals surface area contributed by atoms with Crippen LogP contribution in [0.25, 0.3) is 0 Å². The molecule has 0 radical (unpaired) electrons. The first-order valence-corrected chi connectivity index (χ1v) is 5.27. The van der Waals surface area contributed by atoms with Crippen LogP contribution < -0.4 is 4.74 Å². The van der Waals surface area contributed by atoms with E-state index < -0.39 is 17.2 Å². The van der Waals surface area contributed by atoms with Crippen LogP contribution in [0.5, 0.6) is 11.5 Å². The lowest BCUT2D eigenvalue weighted by Gasteiger charge is -2.15. The van der Waals surface area contributed by atoms with Gasteiger partial charge in [-0.3, -0.25) is 0 Å². The molecule has 1 aliphatic carbocycles. The molecule has 1 fully saturated rings. The van der Waals surface area contributed by atoms with Crippen molar-refractivity contribution in [2.45, 2.75) is 18.4 Å². The van der Waals surface area contributed by atoms with Gasteiger partial charge in [-0.1, -0.05) is 0 Å². The molecule has 1 aliphatic rings. The lowest BCUT2D eigenvalue weighted by Crippen LogP contribution is -2.08. The first kappa shape index (κ1) is 10.7. The first-order chi connectivity index (χ1) is 6.99. The van der Waals surface area contributed by atoms with Gasteiger partial charge in [-0.05, 0) is 34.8 Å². The monoisotopic (exact) mass is 276 g/mol. The number of ether oxygens (including phenoxy) is 1. The van der Waals surface area contributed by atoms with Crippen LogP contribution in [-0.2, 0) is 5.60 Å². The van der Waals surface area contributed by atoms with Crippen molar-refractivity contribution in [3.63, 3.8) is 0 Å². The Labute approximate surface area is 94.6 Å². The van der Waals surface area contributed by atoms with Gasteiger partial charge in [0.1, 0.15) is 0 Å². The summed E-state index contributed by atoms with van der Waals surface area (Å²) in [6.45, 7) is 0. The Morgan fingerprint density at radius 2 is 2.13 bits per heavy atom. The van der Waals surface area contributed by atoms with E-state index in [1.54, 1.807) is 0 Å². The largest absolute Gasteiger partial charge is 0.504 e. The molecule has 1 aromatic rings. The summed E-state index contributed by atoms with van der Waals surface area (Å²) in [6.07, 6.45) is 1.17. The number of aliphatic hydroxyl groups is 1. The summed E-state index contributed by atoms with van der Waals surface area (Å²) in [7, 11) is 1.31. The highest BCUT2D eigenvalue weighted by Crippen LogP contribution is 2.51. The van der Waals surface area contributed by atoms with E-state index in [-0.39, 0.29) is 10.2 Å². The van der Waals surface area contributed by atoms with Gasteiger partial charge in [0.15, 0.2) is 11.5 Å². The number of methoxy groups -OCH3 is 1. The molecule has 5 heteroatoms. The summed E-state index contributed by atoms with van der Waals surface area (Å²) in [5.74, 6) is -1.43. The van der Waals surface area contributed by atoms with E-state index in [1.165, 1.54) is 13.2 Å². The van der Waals surface area contributed by atoms with Crippen molar-refractivity contribution >= 4 is 15.9 Å². The van der Waals surface area contributed by atoms with Gasteiger partial charge in [-0.25, -0.2) is 0 Å². The molecule has 2 N–H and O–H groups in total. The Bertz CT molecular complexity index is 416. The Morgan fingerprint density at radius 3 is 2.60 bits per heavy atom. The van der Waals surface area contributed by atoms with Crippen molar-refractivity contribution in [1.82, 2.24) is 0 Å². The summed E-state index contributed by atoms with van der Waals surface area (Å²) in [4.78, 5) is 0. The molecule has 0 unspecified atom stereocenters. The quantitative estimate of drug-likeness (QED) is 0.872. The van der Waals surface area contributed by atoms with Gasteiger partial charge in [0.25, 0.3) is 0 Å². The molecule has 2 rings (SSSR count). The van der Waals surface area contributed by atoms with Gasteiger partial charge in [0.05, 0.1) is 17.2 Å². The van der Waals surface area contributed by atoms with Crippen molar-refractivity contribution in [3.8, 4) is 11.5 Å². The normalized spacial score (nSPS) is 17.6. The van der Waals surface area contributed by atoms with E-state index in [2.05, 4.69) is 15.9 Å². The molecule has 0 heterocycles. The van der Waals surface area contributed by atoms with E-state index >= 15 is 0 Å². The summed E-state index contributed by atoms with van der Waals surface area (Å²) in [5.41, 5.74) is -0.616. The van der Waals surface area contributed by atoms with E-state index in [9.17, 15) is 14.6 Å². The molecule has 0 spiro atoms. The van der Waals surface area contributed by atoms with E-state index in [0.29, 0.717) is 18.4 Å². The minimum atomic E-state index is -0.998. The number of halogens is 2. The second-order valence-electron chi connectivity index (χ2n) is 3.63. The maximum atomic E-state index is 13.6. The summed E-state index contributed by atoms with van der Waals surface area (Å²) in [5, 5.41) is 19.2. The highest BCUT2D eigenvalue weighted by Gasteiger charge is 2.45. The van der Waals surface area contributed by atoms with Gasteiger partial charge in [-0.2, -0.15) is 4.39 Å². The summed E-state index contributed by atoms with van der Waals surface area (Å²) >= 11 is 3.02. The van der Waals surface area contributed by atoms with Crippen molar-refractivity contribution in [2.75, 3.05) is 7.11 Å². The van der Waals surface area contributed by atoms with E-state index in [0.717, 1.165) is 0 Å². The lowest BCUT2D eigenvalue weighted by atomic mass is 10.1. The van der Waals surface area contributed by atoms with Crippen LogP contribution in [0.4, 0.5) is 4.39 Å². The van der Waals surface area contributed by atoms with E-state index in [1.807, 2.05) is 0 Å². The highest BCUT2D eigenvalue weighted by atomic mass is 79.9. The lowest BCUT2D eigenvalue weighted by molar-refractivity contribution is 0.146. The van der Waals surface area contributed by atoms with Crippen LogP contribution in [-0.4, -0.2) is 17.3 Å². The van der Waals surface area contributed by atoms with Crippen LogP contribution in [0.1, 0.15) is 18.4 Å². The van der Waals surface area contributed by atoms with Crippen LogP contribution in [0.2, 0.25) is 0 Å². The number of benzene rings is 1. The topological polar surface area (TPSA) is 49.7 Å². The molecule has 1 saturated carbocycles. The molecular formula is C10H10BrFO3. The zero-order chi connectivity index (χ0) is 11.2. The third-order valence-electron chi connectivity index (χ3n) is 2.58. The Kier molecular flexibility index (Phi) is 2.39. The van der Waals surface area contributed by atoms with Gasteiger partial charge >= 0.3 is 0 Å². The van der Waals surface area contributed by atoms with Crippen molar-refractivity contribution < 1.29 is 19.3 Å². The molecule has 82 valence electrons. The van der Waals surface area contributed by atoms with Crippen molar-refractivity contribution in [2.24, 2.45) is 0 Å². The Morgan fingerprint density at radius 1 is 1.53 bits per heavy atom. The average Bonchev–Trinajstić information content (AvgIpc) is 2.94. The maximum Gasteiger partial charge on any atom is 0.208 e. The third-order valence-corrected chi connectivity index (χ3v) is 3.18. The van der Waals surface area contributed by atoms with E-state index in [4.69, 9.17) is 4.74 Å². The van der Waals surface area contributed by atoms with Crippen LogP contribution in [0.3, 0.4) is 0 Å². The third kappa shape index (κ3) is 1.59. The predicted molar refractivity (Wildman–Crippen MR) is 55.4 cm³/mol.